The Hall–Kier alpha value is -0.870. The van der Waals surface area contributed by atoms with E-state index < -0.39 is 0 Å². The van der Waals surface area contributed by atoms with Crippen molar-refractivity contribution in [1.82, 2.24) is 10.2 Å². The Labute approximate surface area is 120 Å². The van der Waals surface area contributed by atoms with Gasteiger partial charge >= 0.3 is 0 Å². The topological polar surface area (TPSA) is 32.3 Å². The molecule has 3 atom stereocenters. The first-order chi connectivity index (χ1) is 9.19. The Balaban J connectivity index is 2.21. The van der Waals surface area contributed by atoms with Gasteiger partial charge in [-0.15, -0.1) is 0 Å². The number of thiophene rings is 1. The highest BCUT2D eigenvalue weighted by molar-refractivity contribution is 7.07. The van der Waals surface area contributed by atoms with Crippen LogP contribution in [0.15, 0.2) is 16.8 Å². The van der Waals surface area contributed by atoms with Gasteiger partial charge in [-0.3, -0.25) is 10.1 Å². The summed E-state index contributed by atoms with van der Waals surface area (Å²) in [6, 6.07) is 2.42. The summed E-state index contributed by atoms with van der Waals surface area (Å²) in [6.07, 6.45) is 4.20. The van der Waals surface area contributed by atoms with Crippen LogP contribution in [0.2, 0.25) is 0 Å². The molecule has 0 saturated carbocycles. The minimum atomic E-state index is -0.00536. The maximum absolute atomic E-state index is 12.6. The summed E-state index contributed by atoms with van der Waals surface area (Å²) in [6.45, 7) is 6.47. The van der Waals surface area contributed by atoms with E-state index in [1.165, 1.54) is 5.56 Å². The van der Waals surface area contributed by atoms with Crippen LogP contribution < -0.4 is 5.32 Å². The van der Waals surface area contributed by atoms with E-state index >= 15 is 0 Å². The molecule has 0 spiro atoms. The molecule has 1 aromatic heterocycles. The van der Waals surface area contributed by atoms with Crippen molar-refractivity contribution in [1.29, 1.82) is 0 Å². The fourth-order valence-electron chi connectivity index (χ4n) is 2.86. The van der Waals surface area contributed by atoms with Crippen LogP contribution in [0.5, 0.6) is 0 Å². The molecule has 106 valence electrons. The maximum Gasteiger partial charge on any atom is 0.241 e. The SMILES string of the molecule is CCCC1NC(c2ccsc2)N(C(C)CCC)C1=O. The molecule has 1 amide bonds. The third-order valence-electron chi connectivity index (χ3n) is 3.81. The summed E-state index contributed by atoms with van der Waals surface area (Å²) in [5.41, 5.74) is 1.22. The summed E-state index contributed by atoms with van der Waals surface area (Å²) in [5.74, 6) is 0.277. The number of hydrogen-bond acceptors (Lipinski definition) is 3. The van der Waals surface area contributed by atoms with Crippen LogP contribution in [0, 0.1) is 0 Å². The van der Waals surface area contributed by atoms with Crippen molar-refractivity contribution in [3.8, 4) is 0 Å². The predicted octanol–water partition coefficient (Wildman–Crippen LogP) is 3.54. The van der Waals surface area contributed by atoms with E-state index in [-0.39, 0.29) is 18.1 Å². The van der Waals surface area contributed by atoms with Gasteiger partial charge in [0.25, 0.3) is 0 Å². The molecule has 0 aliphatic carbocycles. The molecule has 1 aromatic rings. The maximum atomic E-state index is 12.6. The molecular weight excluding hydrogens is 256 g/mol. The third-order valence-corrected chi connectivity index (χ3v) is 4.51. The van der Waals surface area contributed by atoms with Crippen LogP contribution in [-0.2, 0) is 4.79 Å². The van der Waals surface area contributed by atoms with Crippen LogP contribution in [0.25, 0.3) is 0 Å². The van der Waals surface area contributed by atoms with Crippen LogP contribution in [0.4, 0.5) is 0 Å². The minimum absolute atomic E-state index is 0.00536. The second-order valence-corrected chi connectivity index (χ2v) is 6.13. The second kappa shape index (κ2) is 6.53. The zero-order chi connectivity index (χ0) is 13.8. The lowest BCUT2D eigenvalue weighted by atomic mass is 10.1. The van der Waals surface area contributed by atoms with Gasteiger partial charge in [0, 0.05) is 6.04 Å². The van der Waals surface area contributed by atoms with Crippen molar-refractivity contribution in [3.63, 3.8) is 0 Å². The van der Waals surface area contributed by atoms with Crippen molar-refractivity contribution in [2.45, 2.75) is 64.7 Å². The van der Waals surface area contributed by atoms with Gasteiger partial charge in [-0.2, -0.15) is 11.3 Å². The molecule has 1 saturated heterocycles. The molecule has 19 heavy (non-hydrogen) atoms. The van der Waals surface area contributed by atoms with E-state index in [0.717, 1.165) is 25.7 Å². The predicted molar refractivity (Wildman–Crippen MR) is 80.1 cm³/mol. The van der Waals surface area contributed by atoms with Gasteiger partial charge in [0.05, 0.1) is 6.04 Å². The molecule has 2 rings (SSSR count). The molecule has 0 aromatic carbocycles. The molecule has 0 radical (unpaired) electrons. The molecule has 3 nitrogen and oxygen atoms in total. The molecule has 1 fully saturated rings. The summed E-state index contributed by atoms with van der Waals surface area (Å²) < 4.78 is 0. The Kier molecular flexibility index (Phi) is 4.99. The molecular formula is C15H24N2OS. The van der Waals surface area contributed by atoms with Gasteiger partial charge in [-0.25, -0.2) is 0 Å². The fourth-order valence-corrected chi connectivity index (χ4v) is 3.54. The number of carbonyl (C=O) groups is 1. The van der Waals surface area contributed by atoms with E-state index in [1.54, 1.807) is 11.3 Å². The summed E-state index contributed by atoms with van der Waals surface area (Å²) in [7, 11) is 0. The number of amides is 1. The average Bonchev–Trinajstić information content (AvgIpc) is 2.99. The van der Waals surface area contributed by atoms with Gasteiger partial charge in [0.1, 0.15) is 6.17 Å². The summed E-state index contributed by atoms with van der Waals surface area (Å²) >= 11 is 1.69. The first-order valence-electron chi connectivity index (χ1n) is 7.29. The Morgan fingerprint density at radius 2 is 2.21 bits per heavy atom. The van der Waals surface area contributed by atoms with Crippen molar-refractivity contribution in [2.75, 3.05) is 0 Å². The fraction of sp³-hybridized carbons (Fsp3) is 0.667. The van der Waals surface area contributed by atoms with Crippen molar-refractivity contribution in [3.05, 3.63) is 22.4 Å². The van der Waals surface area contributed by atoms with Crippen LogP contribution in [0.3, 0.4) is 0 Å². The van der Waals surface area contributed by atoms with Gasteiger partial charge in [-0.05, 0) is 42.2 Å². The first kappa shape index (κ1) is 14.5. The lowest BCUT2D eigenvalue weighted by Gasteiger charge is -2.30. The van der Waals surface area contributed by atoms with E-state index in [2.05, 4.69) is 47.8 Å². The molecule has 0 bridgehead atoms. The second-order valence-electron chi connectivity index (χ2n) is 5.35. The van der Waals surface area contributed by atoms with E-state index in [1.807, 2.05) is 0 Å². The van der Waals surface area contributed by atoms with E-state index in [9.17, 15) is 4.79 Å². The third kappa shape index (κ3) is 3.00. The van der Waals surface area contributed by atoms with Gasteiger partial charge in [0.15, 0.2) is 0 Å². The summed E-state index contributed by atoms with van der Waals surface area (Å²) in [5, 5.41) is 7.74. The Morgan fingerprint density at radius 3 is 2.79 bits per heavy atom. The van der Waals surface area contributed by atoms with Crippen molar-refractivity contribution in [2.24, 2.45) is 0 Å². The van der Waals surface area contributed by atoms with E-state index in [4.69, 9.17) is 0 Å². The smallest absolute Gasteiger partial charge is 0.241 e. The van der Waals surface area contributed by atoms with Gasteiger partial charge < -0.3 is 4.90 Å². The van der Waals surface area contributed by atoms with E-state index in [0.29, 0.717) is 6.04 Å². The highest BCUT2D eigenvalue weighted by Crippen LogP contribution is 2.31. The summed E-state index contributed by atoms with van der Waals surface area (Å²) in [4.78, 5) is 14.6. The van der Waals surface area contributed by atoms with Gasteiger partial charge in [0.2, 0.25) is 5.91 Å². The number of nitrogens with zero attached hydrogens (tertiary/aromatic N) is 1. The Bertz CT molecular complexity index is 404. The van der Waals surface area contributed by atoms with Gasteiger partial charge in [-0.1, -0.05) is 26.7 Å². The molecule has 1 aliphatic rings. The first-order valence-corrected chi connectivity index (χ1v) is 8.23. The van der Waals surface area contributed by atoms with Crippen molar-refractivity contribution >= 4 is 17.2 Å². The molecule has 4 heteroatoms. The number of carbonyl (C=O) groups excluding carboxylic acids is 1. The highest BCUT2D eigenvalue weighted by Gasteiger charge is 2.41. The normalized spacial score (nSPS) is 25.0. The minimum Gasteiger partial charge on any atom is -0.319 e. The average molecular weight is 280 g/mol. The molecule has 3 unspecified atom stereocenters. The lowest BCUT2D eigenvalue weighted by Crippen LogP contribution is -2.38. The standard InChI is InChI=1S/C15H24N2OS/c1-4-6-11(3)17-14(12-8-9-19-10-12)16-13(7-5-2)15(17)18/h8-11,13-14,16H,4-7H2,1-3H3. The number of nitrogens with one attached hydrogen (secondary N) is 1. The zero-order valence-corrected chi connectivity index (χ0v) is 12.9. The Morgan fingerprint density at radius 1 is 1.42 bits per heavy atom. The van der Waals surface area contributed by atoms with Crippen molar-refractivity contribution < 1.29 is 4.79 Å². The number of hydrogen-bond donors (Lipinski definition) is 1. The monoisotopic (exact) mass is 280 g/mol. The zero-order valence-electron chi connectivity index (χ0n) is 12.1. The number of rotatable bonds is 6. The molecule has 2 heterocycles. The lowest BCUT2D eigenvalue weighted by molar-refractivity contribution is -0.132. The quantitative estimate of drug-likeness (QED) is 0.864. The van der Waals surface area contributed by atoms with Crippen LogP contribution >= 0.6 is 11.3 Å². The highest BCUT2D eigenvalue weighted by atomic mass is 32.1. The molecule has 1 aliphatic heterocycles. The largest absolute Gasteiger partial charge is 0.319 e. The molecule has 1 N–H and O–H groups in total. The van der Waals surface area contributed by atoms with Crippen LogP contribution in [-0.4, -0.2) is 22.9 Å². The van der Waals surface area contributed by atoms with Crippen LogP contribution in [0.1, 0.15) is 58.2 Å².